The first-order chi connectivity index (χ1) is 30.4. The van der Waals surface area contributed by atoms with Crippen LogP contribution in [0.5, 0.6) is 0 Å². The highest BCUT2D eigenvalue weighted by Gasteiger charge is 2.21. The smallest absolute Gasteiger partial charge is 0.165 e. The minimum atomic E-state index is 0.391. The molecule has 0 aliphatic carbocycles. The number of nitrogens with zero attached hydrogens (tertiary/aromatic N) is 7. The second-order valence-electron chi connectivity index (χ2n) is 15.7. The van der Waals surface area contributed by atoms with Gasteiger partial charge in [0.05, 0.1) is 45.3 Å². The second kappa shape index (κ2) is 14.6. The molecule has 0 bridgehead atoms. The number of para-hydroxylation sites is 2. The van der Waals surface area contributed by atoms with Gasteiger partial charge in [0, 0.05) is 49.6 Å². The minimum absolute atomic E-state index is 0.391. The van der Waals surface area contributed by atoms with Crippen molar-refractivity contribution in [2.24, 2.45) is 0 Å². The summed E-state index contributed by atoms with van der Waals surface area (Å²) >= 11 is 0. The number of fused-ring (bicyclic) bond motifs is 6. The van der Waals surface area contributed by atoms with E-state index in [0.29, 0.717) is 34.2 Å². The van der Waals surface area contributed by atoms with Gasteiger partial charge in [0.2, 0.25) is 0 Å². The Morgan fingerprint density at radius 3 is 1.50 bits per heavy atom. The van der Waals surface area contributed by atoms with Crippen LogP contribution in [0.2, 0.25) is 0 Å². The van der Waals surface area contributed by atoms with Gasteiger partial charge >= 0.3 is 0 Å². The second-order valence-corrected chi connectivity index (χ2v) is 15.7. The van der Waals surface area contributed by atoms with Crippen LogP contribution >= 0.6 is 0 Å². The Hall–Kier alpha value is -8.65. The van der Waals surface area contributed by atoms with Crippen molar-refractivity contribution >= 4 is 43.6 Å². The van der Waals surface area contributed by atoms with Crippen molar-refractivity contribution in [2.45, 2.75) is 13.8 Å². The van der Waals surface area contributed by atoms with Gasteiger partial charge in [-0.3, -0.25) is 0 Å². The number of rotatable bonds is 6. The third kappa shape index (κ3) is 6.00. The van der Waals surface area contributed by atoms with Gasteiger partial charge in [-0.2, -0.15) is 10.5 Å². The molecule has 11 rings (SSSR count). The lowest BCUT2D eigenvalue weighted by molar-refractivity contribution is 1.07. The molecule has 0 aliphatic heterocycles. The lowest BCUT2D eigenvalue weighted by Crippen LogP contribution is -2.03. The fourth-order valence-electron chi connectivity index (χ4n) is 8.85. The van der Waals surface area contributed by atoms with Gasteiger partial charge in [0.25, 0.3) is 0 Å². The van der Waals surface area contributed by atoms with E-state index in [4.69, 9.17) is 15.0 Å². The number of hydrogen-bond donors (Lipinski definition) is 0. The molecule has 0 spiro atoms. The van der Waals surface area contributed by atoms with Gasteiger partial charge in [-0.1, -0.05) is 102 Å². The Labute approximate surface area is 357 Å². The average molecular weight is 794 g/mol. The molecule has 0 saturated heterocycles. The minimum Gasteiger partial charge on any atom is -0.309 e. The predicted molar refractivity (Wildman–Crippen MR) is 249 cm³/mol. The molecule has 62 heavy (non-hydrogen) atoms. The van der Waals surface area contributed by atoms with Crippen molar-refractivity contribution in [3.8, 4) is 68.8 Å². The molecule has 290 valence electrons. The molecule has 0 N–H and O–H groups in total. The van der Waals surface area contributed by atoms with Crippen molar-refractivity contribution in [3.63, 3.8) is 0 Å². The van der Waals surface area contributed by atoms with Crippen LogP contribution in [0.4, 0.5) is 0 Å². The SMILES string of the molecule is Cc1ccc2c(c1)c1ccccc1n2-c1ccc(-c2nc(-c3ccccc3)nc(-c3ccc(-n4c5ccccc5c5cc(C)ccc54)cc3-c3ccc(C#N)cc3)n2)c(C#N)c1. The summed E-state index contributed by atoms with van der Waals surface area (Å²) in [5.74, 6) is 1.34. The molecule has 3 aromatic heterocycles. The Morgan fingerprint density at radius 1 is 0.387 bits per heavy atom. The van der Waals surface area contributed by atoms with Crippen LogP contribution in [0, 0.1) is 36.5 Å². The normalized spacial score (nSPS) is 11.4. The van der Waals surface area contributed by atoms with E-state index in [9.17, 15) is 10.5 Å². The van der Waals surface area contributed by atoms with Crippen LogP contribution in [0.15, 0.2) is 176 Å². The molecule has 0 radical (unpaired) electrons. The van der Waals surface area contributed by atoms with E-state index in [1.165, 1.54) is 21.9 Å². The average Bonchev–Trinajstić information content (AvgIpc) is 3.83. The van der Waals surface area contributed by atoms with Crippen molar-refractivity contribution in [2.75, 3.05) is 0 Å². The molecule has 0 aliphatic rings. The van der Waals surface area contributed by atoms with Crippen LogP contribution in [-0.4, -0.2) is 24.1 Å². The molecule has 0 atom stereocenters. The quantitative estimate of drug-likeness (QED) is 0.167. The van der Waals surface area contributed by atoms with E-state index < -0.39 is 0 Å². The van der Waals surface area contributed by atoms with Crippen LogP contribution in [0.1, 0.15) is 22.3 Å². The third-order valence-electron chi connectivity index (χ3n) is 11.8. The summed E-state index contributed by atoms with van der Waals surface area (Å²) in [6.07, 6.45) is 0. The molecule has 0 amide bonds. The summed E-state index contributed by atoms with van der Waals surface area (Å²) in [4.78, 5) is 15.4. The number of benzene rings is 8. The number of aryl methyl sites for hydroxylation is 2. The Kier molecular flexibility index (Phi) is 8.56. The first kappa shape index (κ1) is 36.4. The van der Waals surface area contributed by atoms with Crippen molar-refractivity contribution < 1.29 is 0 Å². The largest absolute Gasteiger partial charge is 0.309 e. The highest BCUT2D eigenvalue weighted by atomic mass is 15.0. The molecular weight excluding hydrogens is 759 g/mol. The molecule has 8 aromatic carbocycles. The van der Waals surface area contributed by atoms with E-state index >= 15 is 0 Å². The predicted octanol–water partition coefficient (Wildman–Crippen LogP) is 13.1. The fourth-order valence-corrected chi connectivity index (χ4v) is 8.85. The van der Waals surface area contributed by atoms with Gasteiger partial charge in [-0.15, -0.1) is 0 Å². The van der Waals surface area contributed by atoms with Gasteiger partial charge < -0.3 is 9.13 Å². The summed E-state index contributed by atoms with van der Waals surface area (Å²) in [5, 5.41) is 25.2. The Balaban J connectivity index is 1.12. The maximum Gasteiger partial charge on any atom is 0.165 e. The summed E-state index contributed by atoms with van der Waals surface area (Å²) in [6, 6.07) is 64.4. The maximum absolute atomic E-state index is 10.8. The monoisotopic (exact) mass is 793 g/mol. The first-order valence-electron chi connectivity index (χ1n) is 20.5. The standard InChI is InChI=1S/C55H35N7/c1-34-16-26-51-47(28-34)43-12-6-8-14-49(43)61(51)40-22-24-42(39(30-40)33-57)54-58-53(38-10-4-3-5-11-38)59-55(60-54)45-25-23-41(31-46(45)37-20-18-36(32-56)19-21-37)62-50-15-9-7-13-44(50)48-29-35(2)17-27-52(48)62/h3-31H,1-2H3. The Bertz CT molecular complexity index is 3670. The van der Waals surface area contributed by atoms with Crippen molar-refractivity contribution in [3.05, 3.63) is 198 Å². The third-order valence-corrected chi connectivity index (χ3v) is 11.8. The zero-order valence-corrected chi connectivity index (χ0v) is 33.9. The van der Waals surface area contributed by atoms with Gasteiger partial charge in [-0.05, 0) is 110 Å². The summed E-state index contributed by atoms with van der Waals surface area (Å²) in [5.41, 5.74) is 13.6. The highest BCUT2D eigenvalue weighted by molar-refractivity contribution is 6.10. The van der Waals surface area contributed by atoms with Crippen LogP contribution in [0.25, 0.3) is 100 Å². The Morgan fingerprint density at radius 2 is 0.903 bits per heavy atom. The number of aromatic nitrogens is 5. The topological polar surface area (TPSA) is 96.1 Å². The zero-order chi connectivity index (χ0) is 41.9. The van der Waals surface area contributed by atoms with Gasteiger partial charge in [0.15, 0.2) is 17.5 Å². The van der Waals surface area contributed by atoms with E-state index in [2.05, 4.69) is 132 Å². The number of nitriles is 2. The van der Waals surface area contributed by atoms with Gasteiger partial charge in [0.1, 0.15) is 0 Å². The molecule has 0 fully saturated rings. The summed E-state index contributed by atoms with van der Waals surface area (Å²) < 4.78 is 4.51. The highest BCUT2D eigenvalue weighted by Crippen LogP contribution is 2.39. The van der Waals surface area contributed by atoms with E-state index in [1.54, 1.807) is 0 Å². The van der Waals surface area contributed by atoms with Crippen LogP contribution in [0.3, 0.4) is 0 Å². The van der Waals surface area contributed by atoms with E-state index in [0.717, 1.165) is 66.5 Å². The fraction of sp³-hybridized carbons (Fsp3) is 0.0364. The first-order valence-corrected chi connectivity index (χ1v) is 20.5. The summed E-state index contributed by atoms with van der Waals surface area (Å²) in [7, 11) is 0. The van der Waals surface area contributed by atoms with Crippen LogP contribution in [-0.2, 0) is 0 Å². The van der Waals surface area contributed by atoms with Crippen molar-refractivity contribution in [1.29, 1.82) is 10.5 Å². The van der Waals surface area contributed by atoms with E-state index in [-0.39, 0.29) is 0 Å². The van der Waals surface area contributed by atoms with Crippen molar-refractivity contribution in [1.82, 2.24) is 24.1 Å². The zero-order valence-electron chi connectivity index (χ0n) is 33.9. The molecule has 7 nitrogen and oxygen atoms in total. The van der Waals surface area contributed by atoms with Gasteiger partial charge in [-0.25, -0.2) is 15.0 Å². The molecule has 0 unspecified atom stereocenters. The lowest BCUT2D eigenvalue weighted by Gasteiger charge is -2.16. The molecule has 7 heteroatoms. The molecule has 11 aromatic rings. The molecular formula is C55H35N7. The van der Waals surface area contributed by atoms with Crippen LogP contribution < -0.4 is 0 Å². The van der Waals surface area contributed by atoms with E-state index in [1.807, 2.05) is 78.9 Å². The molecule has 3 heterocycles. The number of hydrogen-bond acceptors (Lipinski definition) is 5. The lowest BCUT2D eigenvalue weighted by atomic mass is 9.97. The maximum atomic E-state index is 10.8. The molecule has 0 saturated carbocycles. The summed E-state index contributed by atoms with van der Waals surface area (Å²) in [6.45, 7) is 4.23.